The van der Waals surface area contributed by atoms with E-state index in [0.29, 0.717) is 18.4 Å². The highest BCUT2D eigenvalue weighted by atomic mass is 15.4. The third-order valence-electron chi connectivity index (χ3n) is 5.13. The second-order valence-electron chi connectivity index (χ2n) is 6.94. The Balaban J connectivity index is 1.40. The lowest BCUT2D eigenvalue weighted by Crippen LogP contribution is -2.09. The lowest BCUT2D eigenvalue weighted by molar-refractivity contribution is 0.463. The number of nitrogens with one attached hydrogen (secondary N) is 1. The first-order chi connectivity index (χ1) is 13.4. The fourth-order valence-electron chi connectivity index (χ4n) is 3.72. The lowest BCUT2D eigenvalue weighted by Gasteiger charge is -2.10. The molecule has 1 N–H and O–H groups in total. The van der Waals surface area contributed by atoms with Crippen molar-refractivity contribution in [1.29, 1.82) is 0 Å². The highest BCUT2D eigenvalue weighted by Gasteiger charge is 2.17. The van der Waals surface area contributed by atoms with Crippen LogP contribution in [0.15, 0.2) is 55.0 Å². The molecule has 3 aromatic heterocycles. The Morgan fingerprint density at radius 2 is 1.93 bits per heavy atom. The van der Waals surface area contributed by atoms with Gasteiger partial charge in [0.2, 0.25) is 0 Å². The smallest absolute Gasteiger partial charge is 0.254 e. The molecule has 0 spiro atoms. The Bertz CT molecular complexity index is 1040. The van der Waals surface area contributed by atoms with Crippen LogP contribution in [0.25, 0.3) is 17.0 Å². The summed E-state index contributed by atoms with van der Waals surface area (Å²) in [4.78, 5) is 8.87. The summed E-state index contributed by atoms with van der Waals surface area (Å²) in [5, 5.41) is 12.5. The molecule has 1 aromatic carbocycles. The molecule has 4 aromatic rings. The number of anilines is 1. The Morgan fingerprint density at radius 1 is 1.07 bits per heavy atom. The van der Waals surface area contributed by atoms with Crippen LogP contribution in [0.5, 0.6) is 0 Å². The molecular formula is C20H21N7. The molecule has 7 nitrogen and oxygen atoms in total. The van der Waals surface area contributed by atoms with Crippen molar-refractivity contribution < 1.29 is 0 Å². The van der Waals surface area contributed by atoms with Gasteiger partial charge in [0.1, 0.15) is 12.1 Å². The molecule has 0 bridgehead atoms. The first kappa shape index (κ1) is 16.0. The van der Waals surface area contributed by atoms with Crippen molar-refractivity contribution in [1.82, 2.24) is 29.4 Å². The number of fused-ring (bicyclic) bond motifs is 1. The summed E-state index contributed by atoms with van der Waals surface area (Å²) in [5.41, 5.74) is 2.94. The molecule has 0 saturated heterocycles. The topological polar surface area (TPSA) is 72.9 Å². The zero-order valence-electron chi connectivity index (χ0n) is 15.0. The highest BCUT2D eigenvalue weighted by molar-refractivity contribution is 5.65. The van der Waals surface area contributed by atoms with Gasteiger partial charge in [-0.25, -0.2) is 4.98 Å². The monoisotopic (exact) mass is 359 g/mol. The van der Waals surface area contributed by atoms with Gasteiger partial charge in [-0.05, 0) is 18.9 Å². The lowest BCUT2D eigenvalue weighted by atomic mass is 10.1. The van der Waals surface area contributed by atoms with Gasteiger partial charge in [0.15, 0.2) is 0 Å². The van der Waals surface area contributed by atoms with Crippen LogP contribution in [0.4, 0.5) is 5.82 Å². The largest absolute Gasteiger partial charge is 0.364 e. The molecule has 0 aliphatic heterocycles. The average Bonchev–Trinajstić information content (AvgIpc) is 3.47. The van der Waals surface area contributed by atoms with E-state index < -0.39 is 0 Å². The molecule has 1 saturated carbocycles. The summed E-state index contributed by atoms with van der Waals surface area (Å²) in [6, 6.07) is 14.8. The molecule has 1 aliphatic carbocycles. The van der Waals surface area contributed by atoms with E-state index in [1.54, 1.807) is 4.52 Å². The van der Waals surface area contributed by atoms with Crippen molar-refractivity contribution in [2.75, 3.05) is 5.32 Å². The van der Waals surface area contributed by atoms with Gasteiger partial charge in [0.05, 0.1) is 24.0 Å². The number of hydrogen-bond donors (Lipinski definition) is 1. The van der Waals surface area contributed by atoms with Crippen molar-refractivity contribution in [2.24, 2.45) is 0 Å². The molecule has 0 amide bonds. The summed E-state index contributed by atoms with van der Waals surface area (Å²) in [5.74, 6) is 1.43. The van der Waals surface area contributed by atoms with E-state index in [1.807, 2.05) is 36.4 Å². The molecule has 1 aliphatic rings. The standard InChI is InChI=1S/C20H21N7/c1-2-6-15(7-3-1)18-12-19(27-20(24-18)22-14-23-27)21-13-16-10-11-26(25-16)17-8-4-5-9-17/h1-3,6-7,10-12,14,17,21H,4-5,8-9,13H2. The molecule has 136 valence electrons. The third kappa shape index (κ3) is 3.16. The Hall–Kier alpha value is -3.22. The van der Waals surface area contributed by atoms with Gasteiger partial charge in [0, 0.05) is 17.8 Å². The Morgan fingerprint density at radius 3 is 2.78 bits per heavy atom. The van der Waals surface area contributed by atoms with Gasteiger partial charge in [-0.2, -0.15) is 19.7 Å². The van der Waals surface area contributed by atoms with Crippen molar-refractivity contribution >= 4 is 11.6 Å². The number of aromatic nitrogens is 6. The van der Waals surface area contributed by atoms with E-state index in [0.717, 1.165) is 22.8 Å². The van der Waals surface area contributed by atoms with Gasteiger partial charge >= 0.3 is 0 Å². The number of benzene rings is 1. The van der Waals surface area contributed by atoms with Crippen LogP contribution in [0, 0.1) is 0 Å². The van der Waals surface area contributed by atoms with Crippen molar-refractivity contribution in [3.8, 4) is 11.3 Å². The van der Waals surface area contributed by atoms with E-state index in [9.17, 15) is 0 Å². The van der Waals surface area contributed by atoms with Crippen molar-refractivity contribution in [3.63, 3.8) is 0 Å². The van der Waals surface area contributed by atoms with E-state index in [1.165, 1.54) is 32.0 Å². The van der Waals surface area contributed by atoms with E-state index >= 15 is 0 Å². The maximum atomic E-state index is 4.75. The SMILES string of the molecule is c1ccc(-c2cc(NCc3ccn(C4CCCC4)n3)n3ncnc3n2)cc1. The van der Waals surface area contributed by atoms with Crippen LogP contribution in [-0.2, 0) is 6.54 Å². The zero-order chi connectivity index (χ0) is 18.1. The molecule has 0 atom stereocenters. The minimum absolute atomic E-state index is 0.561. The van der Waals surface area contributed by atoms with Crippen molar-refractivity contribution in [2.45, 2.75) is 38.3 Å². The molecule has 27 heavy (non-hydrogen) atoms. The predicted octanol–water partition coefficient (Wildman–Crippen LogP) is 3.72. The minimum atomic E-state index is 0.561. The van der Waals surface area contributed by atoms with Crippen LogP contribution in [-0.4, -0.2) is 29.4 Å². The summed E-state index contributed by atoms with van der Waals surface area (Å²) < 4.78 is 3.84. The van der Waals surface area contributed by atoms with Gasteiger partial charge < -0.3 is 5.32 Å². The van der Waals surface area contributed by atoms with Gasteiger partial charge in [0.25, 0.3) is 5.78 Å². The van der Waals surface area contributed by atoms with Crippen LogP contribution >= 0.6 is 0 Å². The molecule has 0 unspecified atom stereocenters. The summed E-state index contributed by atoms with van der Waals surface area (Å²) in [6.07, 6.45) is 8.71. The second kappa shape index (κ2) is 6.83. The molecule has 0 radical (unpaired) electrons. The van der Waals surface area contributed by atoms with E-state index in [2.05, 4.69) is 37.3 Å². The molecular weight excluding hydrogens is 338 g/mol. The van der Waals surface area contributed by atoms with E-state index in [4.69, 9.17) is 5.10 Å². The summed E-state index contributed by atoms with van der Waals surface area (Å²) >= 11 is 0. The quantitative estimate of drug-likeness (QED) is 0.588. The second-order valence-corrected chi connectivity index (χ2v) is 6.94. The molecule has 7 heteroatoms. The Kier molecular flexibility index (Phi) is 4.04. The minimum Gasteiger partial charge on any atom is -0.364 e. The van der Waals surface area contributed by atoms with Crippen LogP contribution in [0.3, 0.4) is 0 Å². The van der Waals surface area contributed by atoms with Gasteiger partial charge in [-0.15, -0.1) is 0 Å². The number of rotatable bonds is 5. The van der Waals surface area contributed by atoms with Gasteiger partial charge in [-0.1, -0.05) is 43.2 Å². The highest BCUT2D eigenvalue weighted by Crippen LogP contribution is 2.28. The average molecular weight is 359 g/mol. The number of hydrogen-bond acceptors (Lipinski definition) is 5. The molecule has 5 rings (SSSR count). The van der Waals surface area contributed by atoms with E-state index in [-0.39, 0.29) is 0 Å². The van der Waals surface area contributed by atoms with Crippen LogP contribution in [0.1, 0.15) is 37.4 Å². The number of nitrogens with zero attached hydrogens (tertiary/aromatic N) is 6. The first-order valence-electron chi connectivity index (χ1n) is 9.41. The fourth-order valence-corrected chi connectivity index (χ4v) is 3.72. The molecule has 1 fully saturated rings. The maximum absolute atomic E-state index is 4.75. The molecule has 3 heterocycles. The summed E-state index contributed by atoms with van der Waals surface area (Å²) in [6.45, 7) is 0.632. The fraction of sp³-hybridized carbons (Fsp3) is 0.300. The van der Waals surface area contributed by atoms with Crippen molar-refractivity contribution in [3.05, 3.63) is 60.7 Å². The summed E-state index contributed by atoms with van der Waals surface area (Å²) in [7, 11) is 0. The van der Waals surface area contributed by atoms with Gasteiger partial charge in [-0.3, -0.25) is 4.68 Å². The zero-order valence-corrected chi connectivity index (χ0v) is 15.0. The Labute approximate surface area is 157 Å². The van der Waals surface area contributed by atoms with Crippen LogP contribution < -0.4 is 5.32 Å². The maximum Gasteiger partial charge on any atom is 0.254 e. The third-order valence-corrected chi connectivity index (χ3v) is 5.13. The van der Waals surface area contributed by atoms with Crippen LogP contribution in [0.2, 0.25) is 0 Å². The normalized spacial score (nSPS) is 14.8. The predicted molar refractivity (Wildman–Crippen MR) is 103 cm³/mol. The first-order valence-corrected chi connectivity index (χ1v) is 9.41.